The first-order chi connectivity index (χ1) is 14.0. The van der Waals surface area contributed by atoms with Crippen LogP contribution in [-0.2, 0) is 16.0 Å². The quantitative estimate of drug-likeness (QED) is 0.737. The molecule has 0 radical (unpaired) electrons. The topological polar surface area (TPSA) is 77.1 Å². The number of hydrogen-bond acceptors (Lipinski definition) is 5. The number of nitrogens with zero attached hydrogens (tertiary/aromatic N) is 1. The summed E-state index contributed by atoms with van der Waals surface area (Å²) in [5, 5.41) is 2.91. The van der Waals surface area contributed by atoms with Gasteiger partial charge in [-0.25, -0.2) is 0 Å². The number of hydrogen-bond donors (Lipinski definition) is 1. The molecule has 0 aliphatic carbocycles. The molecule has 1 N–H and O–H groups in total. The van der Waals surface area contributed by atoms with E-state index in [9.17, 15) is 9.59 Å². The van der Waals surface area contributed by atoms with Gasteiger partial charge in [-0.1, -0.05) is 6.07 Å². The number of anilines is 2. The minimum Gasteiger partial charge on any atom is -0.493 e. The van der Waals surface area contributed by atoms with Crippen LogP contribution in [0.15, 0.2) is 36.4 Å². The lowest BCUT2D eigenvalue weighted by Gasteiger charge is -2.17. The number of carbonyl (C=O) groups is 2. The third kappa shape index (κ3) is 4.80. The lowest BCUT2D eigenvalue weighted by molar-refractivity contribution is -0.117. The lowest BCUT2D eigenvalue weighted by atomic mass is 10.1. The number of methoxy groups -OCH3 is 3. The van der Waals surface area contributed by atoms with Crippen molar-refractivity contribution in [1.82, 2.24) is 0 Å². The summed E-state index contributed by atoms with van der Waals surface area (Å²) in [4.78, 5) is 26.1. The third-order valence-corrected chi connectivity index (χ3v) is 4.88. The minimum atomic E-state index is -0.108. The summed E-state index contributed by atoms with van der Waals surface area (Å²) < 4.78 is 16.0. The molecule has 1 aliphatic heterocycles. The van der Waals surface area contributed by atoms with Crippen molar-refractivity contribution >= 4 is 23.2 Å². The highest BCUT2D eigenvalue weighted by Gasteiger charge is 2.21. The fraction of sp³-hybridized carbons (Fsp3) is 0.364. The number of ether oxygens (including phenoxy) is 3. The molecule has 1 fully saturated rings. The molecule has 0 bridgehead atoms. The summed E-state index contributed by atoms with van der Waals surface area (Å²) in [5.41, 5.74) is 2.40. The van der Waals surface area contributed by atoms with Crippen molar-refractivity contribution in [1.29, 1.82) is 0 Å². The van der Waals surface area contributed by atoms with Gasteiger partial charge in [0.25, 0.3) is 0 Å². The zero-order chi connectivity index (χ0) is 20.8. The fourth-order valence-electron chi connectivity index (χ4n) is 3.43. The smallest absolute Gasteiger partial charge is 0.227 e. The van der Waals surface area contributed by atoms with Crippen LogP contribution in [0.25, 0.3) is 0 Å². The standard InChI is InChI=1S/C22H26N2O5/c1-27-18-12-15(13-19(28-2)22(18)29-3)9-10-20(25)23-16-6-4-7-17(14-16)24-11-5-8-21(24)26/h4,6-7,12-14H,5,8-11H2,1-3H3,(H,23,25). The van der Waals surface area contributed by atoms with Crippen molar-refractivity contribution in [2.75, 3.05) is 38.1 Å². The van der Waals surface area contributed by atoms with E-state index in [1.807, 2.05) is 36.4 Å². The molecule has 29 heavy (non-hydrogen) atoms. The molecular formula is C22H26N2O5. The molecule has 0 atom stereocenters. The molecule has 0 unspecified atom stereocenters. The van der Waals surface area contributed by atoms with Crippen LogP contribution < -0.4 is 24.4 Å². The second-order valence-electron chi connectivity index (χ2n) is 6.78. The Labute approximate surface area is 170 Å². The van der Waals surface area contributed by atoms with Gasteiger partial charge in [0.05, 0.1) is 21.3 Å². The molecular weight excluding hydrogens is 372 g/mol. The predicted octanol–water partition coefficient (Wildman–Crippen LogP) is 3.41. The zero-order valence-corrected chi connectivity index (χ0v) is 17.0. The SMILES string of the molecule is COc1cc(CCC(=O)Nc2cccc(N3CCCC3=O)c2)cc(OC)c1OC. The molecule has 0 saturated carbocycles. The van der Waals surface area contributed by atoms with Crippen molar-refractivity contribution in [2.45, 2.75) is 25.7 Å². The van der Waals surface area contributed by atoms with Crippen LogP contribution >= 0.6 is 0 Å². The number of rotatable bonds is 8. The number of benzene rings is 2. The lowest BCUT2D eigenvalue weighted by Crippen LogP contribution is -2.23. The van der Waals surface area contributed by atoms with Crippen LogP contribution in [0.5, 0.6) is 17.2 Å². The molecule has 0 spiro atoms. The number of amides is 2. The molecule has 3 rings (SSSR count). The molecule has 2 aromatic carbocycles. The Bertz CT molecular complexity index is 872. The average Bonchev–Trinajstić information content (AvgIpc) is 3.17. The normalized spacial score (nSPS) is 13.3. The van der Waals surface area contributed by atoms with Crippen molar-refractivity contribution in [3.8, 4) is 17.2 Å². The first-order valence-electron chi connectivity index (χ1n) is 9.55. The summed E-state index contributed by atoms with van der Waals surface area (Å²) in [5.74, 6) is 1.66. The van der Waals surface area contributed by atoms with Crippen LogP contribution in [0.2, 0.25) is 0 Å². The van der Waals surface area contributed by atoms with E-state index in [2.05, 4.69) is 5.32 Å². The maximum absolute atomic E-state index is 12.4. The van der Waals surface area contributed by atoms with Crippen LogP contribution in [0.4, 0.5) is 11.4 Å². The van der Waals surface area contributed by atoms with E-state index in [-0.39, 0.29) is 11.8 Å². The highest BCUT2D eigenvalue weighted by Crippen LogP contribution is 2.38. The average molecular weight is 398 g/mol. The molecule has 1 saturated heterocycles. The monoisotopic (exact) mass is 398 g/mol. The first kappa shape index (κ1) is 20.5. The Morgan fingerprint density at radius 1 is 1.07 bits per heavy atom. The van der Waals surface area contributed by atoms with Gasteiger partial charge in [0, 0.05) is 30.8 Å². The Morgan fingerprint density at radius 3 is 2.38 bits per heavy atom. The molecule has 2 aromatic rings. The Balaban J connectivity index is 1.64. The van der Waals surface area contributed by atoms with Crippen molar-refractivity contribution in [3.05, 3.63) is 42.0 Å². The van der Waals surface area contributed by atoms with Gasteiger partial charge in [-0.3, -0.25) is 9.59 Å². The zero-order valence-electron chi connectivity index (χ0n) is 17.0. The van der Waals surface area contributed by atoms with Gasteiger partial charge in [-0.05, 0) is 48.7 Å². The summed E-state index contributed by atoms with van der Waals surface area (Å²) >= 11 is 0. The summed E-state index contributed by atoms with van der Waals surface area (Å²) in [7, 11) is 4.68. The Morgan fingerprint density at radius 2 is 1.79 bits per heavy atom. The fourth-order valence-corrected chi connectivity index (χ4v) is 3.43. The predicted molar refractivity (Wildman–Crippen MR) is 111 cm³/mol. The van der Waals surface area contributed by atoms with E-state index in [1.54, 1.807) is 26.2 Å². The van der Waals surface area contributed by atoms with Gasteiger partial charge in [0.1, 0.15) is 0 Å². The largest absolute Gasteiger partial charge is 0.493 e. The number of nitrogens with one attached hydrogen (secondary N) is 1. The van der Waals surface area contributed by atoms with Crippen LogP contribution in [0.3, 0.4) is 0 Å². The van der Waals surface area contributed by atoms with Gasteiger partial charge in [0.2, 0.25) is 17.6 Å². The second-order valence-corrected chi connectivity index (χ2v) is 6.78. The Hall–Kier alpha value is -3.22. The van der Waals surface area contributed by atoms with E-state index in [1.165, 1.54) is 0 Å². The maximum atomic E-state index is 12.4. The van der Waals surface area contributed by atoms with E-state index >= 15 is 0 Å². The number of aryl methyl sites for hydroxylation is 1. The van der Waals surface area contributed by atoms with Crippen molar-refractivity contribution in [3.63, 3.8) is 0 Å². The summed E-state index contributed by atoms with van der Waals surface area (Å²) in [6.07, 6.45) is 2.26. The van der Waals surface area contributed by atoms with Crippen LogP contribution in [-0.4, -0.2) is 39.7 Å². The van der Waals surface area contributed by atoms with Gasteiger partial charge < -0.3 is 24.4 Å². The van der Waals surface area contributed by atoms with Crippen LogP contribution in [0, 0.1) is 0 Å². The van der Waals surface area contributed by atoms with E-state index in [0.29, 0.717) is 42.2 Å². The maximum Gasteiger partial charge on any atom is 0.227 e. The molecule has 0 aromatic heterocycles. The minimum absolute atomic E-state index is 0.108. The molecule has 7 heteroatoms. The highest BCUT2D eigenvalue weighted by molar-refractivity contribution is 5.97. The summed E-state index contributed by atoms with van der Waals surface area (Å²) in [6.45, 7) is 0.720. The van der Waals surface area contributed by atoms with Gasteiger partial charge in [-0.15, -0.1) is 0 Å². The van der Waals surface area contributed by atoms with Gasteiger partial charge in [0.15, 0.2) is 11.5 Å². The molecule has 154 valence electrons. The summed E-state index contributed by atoms with van der Waals surface area (Å²) in [6, 6.07) is 11.1. The Kier molecular flexibility index (Phi) is 6.59. The molecule has 2 amide bonds. The highest BCUT2D eigenvalue weighted by atomic mass is 16.5. The van der Waals surface area contributed by atoms with Crippen molar-refractivity contribution in [2.24, 2.45) is 0 Å². The van der Waals surface area contributed by atoms with Crippen molar-refractivity contribution < 1.29 is 23.8 Å². The molecule has 7 nitrogen and oxygen atoms in total. The van der Waals surface area contributed by atoms with E-state index < -0.39 is 0 Å². The van der Waals surface area contributed by atoms with Crippen LogP contribution in [0.1, 0.15) is 24.8 Å². The van der Waals surface area contributed by atoms with Gasteiger partial charge >= 0.3 is 0 Å². The molecule has 1 aliphatic rings. The second kappa shape index (κ2) is 9.32. The third-order valence-electron chi connectivity index (χ3n) is 4.88. The number of carbonyl (C=O) groups excluding carboxylic acids is 2. The molecule has 1 heterocycles. The van der Waals surface area contributed by atoms with E-state index in [0.717, 1.165) is 24.2 Å². The van der Waals surface area contributed by atoms with Gasteiger partial charge in [-0.2, -0.15) is 0 Å². The first-order valence-corrected chi connectivity index (χ1v) is 9.55. The van der Waals surface area contributed by atoms with E-state index in [4.69, 9.17) is 14.2 Å².